The third-order valence-corrected chi connectivity index (χ3v) is 2.80. The van der Waals surface area contributed by atoms with Gasteiger partial charge in [0, 0.05) is 25.7 Å². The summed E-state index contributed by atoms with van der Waals surface area (Å²) in [6.45, 7) is 3.95. The van der Waals surface area contributed by atoms with E-state index in [4.69, 9.17) is 20.4 Å². The molecule has 5 nitrogen and oxygen atoms in total. The second-order valence-electron chi connectivity index (χ2n) is 4.33. The van der Waals surface area contributed by atoms with Gasteiger partial charge in [0.15, 0.2) is 0 Å². The standard InChI is InChI=1S/C8H16O2.C5H12O3/c1-3-5-6-7(4-2)8(9)10;6-2-1-5(3-7)4-8/h7H,3-6H2,1-2H3,(H,9,10);5-8H,1-4H2. The lowest BCUT2D eigenvalue weighted by Crippen LogP contribution is -2.12. The fraction of sp³-hybridized carbons (Fsp3) is 0.923. The molecule has 0 rings (SSSR count). The minimum absolute atomic E-state index is 0.0335. The summed E-state index contributed by atoms with van der Waals surface area (Å²) in [7, 11) is 0. The van der Waals surface area contributed by atoms with Gasteiger partial charge in [0.25, 0.3) is 0 Å². The maximum Gasteiger partial charge on any atom is 0.306 e. The Morgan fingerprint density at radius 3 is 1.83 bits per heavy atom. The van der Waals surface area contributed by atoms with Gasteiger partial charge in [-0.1, -0.05) is 26.7 Å². The third kappa shape index (κ3) is 11.8. The molecule has 1 atom stereocenters. The predicted octanol–water partition coefficient (Wildman–Crippen LogP) is 1.26. The Bertz CT molecular complexity index is 180. The molecule has 4 N–H and O–H groups in total. The third-order valence-electron chi connectivity index (χ3n) is 2.80. The van der Waals surface area contributed by atoms with Crippen LogP contribution < -0.4 is 0 Å². The molecule has 0 bridgehead atoms. The highest BCUT2D eigenvalue weighted by Crippen LogP contribution is 2.11. The highest BCUT2D eigenvalue weighted by Gasteiger charge is 2.12. The van der Waals surface area contributed by atoms with Gasteiger partial charge < -0.3 is 20.4 Å². The molecule has 110 valence electrons. The van der Waals surface area contributed by atoms with Gasteiger partial charge in [-0.15, -0.1) is 0 Å². The van der Waals surface area contributed by atoms with Crippen molar-refractivity contribution in [1.82, 2.24) is 0 Å². The number of aliphatic hydroxyl groups is 3. The molecule has 0 aromatic rings. The number of hydrogen-bond donors (Lipinski definition) is 4. The van der Waals surface area contributed by atoms with Crippen LogP contribution in [0.25, 0.3) is 0 Å². The van der Waals surface area contributed by atoms with E-state index in [-0.39, 0.29) is 31.7 Å². The number of aliphatic carboxylic acids is 1. The highest BCUT2D eigenvalue weighted by molar-refractivity contribution is 5.69. The minimum atomic E-state index is -0.643. The molecule has 0 aromatic carbocycles. The van der Waals surface area contributed by atoms with Gasteiger partial charge in [0.1, 0.15) is 0 Å². The van der Waals surface area contributed by atoms with Crippen molar-refractivity contribution < 1.29 is 25.2 Å². The van der Waals surface area contributed by atoms with Gasteiger partial charge in [-0.05, 0) is 19.3 Å². The summed E-state index contributed by atoms with van der Waals surface area (Å²) in [5.74, 6) is -0.893. The van der Waals surface area contributed by atoms with E-state index >= 15 is 0 Å². The first-order valence-electron chi connectivity index (χ1n) is 6.62. The zero-order valence-electron chi connectivity index (χ0n) is 11.5. The molecule has 0 aromatic heterocycles. The van der Waals surface area contributed by atoms with Crippen molar-refractivity contribution in [1.29, 1.82) is 0 Å². The van der Waals surface area contributed by atoms with Crippen LogP contribution in [0.15, 0.2) is 0 Å². The van der Waals surface area contributed by atoms with E-state index in [9.17, 15) is 4.79 Å². The largest absolute Gasteiger partial charge is 0.481 e. The van der Waals surface area contributed by atoms with Crippen LogP contribution in [-0.2, 0) is 4.79 Å². The van der Waals surface area contributed by atoms with Crippen LogP contribution in [-0.4, -0.2) is 46.2 Å². The van der Waals surface area contributed by atoms with Crippen LogP contribution in [0.4, 0.5) is 0 Å². The van der Waals surface area contributed by atoms with Gasteiger partial charge in [-0.3, -0.25) is 4.79 Å². The number of carboxylic acid groups (broad SMARTS) is 1. The monoisotopic (exact) mass is 264 g/mol. The Balaban J connectivity index is 0. The molecule has 0 amide bonds. The Labute approximate surface area is 109 Å². The fourth-order valence-corrected chi connectivity index (χ4v) is 1.38. The van der Waals surface area contributed by atoms with Crippen molar-refractivity contribution in [3.05, 3.63) is 0 Å². The van der Waals surface area contributed by atoms with Gasteiger partial charge in [0.05, 0.1) is 5.92 Å². The topological polar surface area (TPSA) is 98.0 Å². The van der Waals surface area contributed by atoms with Gasteiger partial charge in [-0.2, -0.15) is 0 Å². The molecule has 18 heavy (non-hydrogen) atoms. The summed E-state index contributed by atoms with van der Waals surface area (Å²) in [5.41, 5.74) is 0. The van der Waals surface area contributed by atoms with Crippen molar-refractivity contribution in [3.63, 3.8) is 0 Å². The van der Waals surface area contributed by atoms with Gasteiger partial charge >= 0.3 is 5.97 Å². The fourth-order valence-electron chi connectivity index (χ4n) is 1.38. The van der Waals surface area contributed by atoms with Crippen LogP contribution in [0.5, 0.6) is 0 Å². The maximum atomic E-state index is 10.4. The zero-order valence-corrected chi connectivity index (χ0v) is 11.5. The lowest BCUT2D eigenvalue weighted by Gasteiger charge is -2.06. The molecule has 0 fully saturated rings. The Hall–Kier alpha value is -0.650. The quantitative estimate of drug-likeness (QED) is 0.502. The SMILES string of the molecule is CCCCC(CC)C(=O)O.OCCC(CO)CO. The van der Waals surface area contributed by atoms with Gasteiger partial charge in [-0.25, -0.2) is 0 Å². The van der Waals surface area contributed by atoms with Crippen LogP contribution in [0, 0.1) is 11.8 Å². The lowest BCUT2D eigenvalue weighted by molar-refractivity contribution is -0.142. The van der Waals surface area contributed by atoms with E-state index in [1.165, 1.54) is 0 Å². The molecule has 0 aliphatic rings. The second kappa shape index (κ2) is 14.4. The summed E-state index contributed by atoms with van der Waals surface area (Å²) in [4.78, 5) is 10.4. The van der Waals surface area contributed by atoms with Crippen molar-refractivity contribution >= 4 is 5.97 Å². The maximum absolute atomic E-state index is 10.4. The Kier molecular flexibility index (Phi) is 15.8. The van der Waals surface area contributed by atoms with E-state index in [1.807, 2.05) is 6.92 Å². The van der Waals surface area contributed by atoms with Crippen LogP contribution >= 0.6 is 0 Å². The first kappa shape index (κ1) is 19.7. The summed E-state index contributed by atoms with van der Waals surface area (Å²) in [6, 6.07) is 0. The smallest absolute Gasteiger partial charge is 0.306 e. The molecule has 0 radical (unpaired) electrons. The molecule has 0 aliphatic heterocycles. The lowest BCUT2D eigenvalue weighted by atomic mass is 10.00. The predicted molar refractivity (Wildman–Crippen MR) is 70.3 cm³/mol. The molecule has 0 saturated carbocycles. The molecule has 5 heteroatoms. The first-order chi connectivity index (χ1) is 8.56. The Morgan fingerprint density at radius 1 is 1.06 bits per heavy atom. The number of hydrogen-bond acceptors (Lipinski definition) is 4. The van der Waals surface area contributed by atoms with Crippen LogP contribution in [0.2, 0.25) is 0 Å². The molecule has 0 aliphatic carbocycles. The average Bonchev–Trinajstić information content (AvgIpc) is 2.37. The van der Waals surface area contributed by atoms with Crippen molar-refractivity contribution in [3.8, 4) is 0 Å². The summed E-state index contributed by atoms with van der Waals surface area (Å²) < 4.78 is 0. The summed E-state index contributed by atoms with van der Waals surface area (Å²) in [6.07, 6.45) is 4.19. The molecule has 0 spiro atoms. The van der Waals surface area contributed by atoms with E-state index in [0.717, 1.165) is 25.7 Å². The zero-order chi connectivity index (χ0) is 14.4. The molecular formula is C13H28O5. The average molecular weight is 264 g/mol. The number of rotatable bonds is 9. The number of carboxylic acids is 1. The van der Waals surface area contributed by atoms with Crippen LogP contribution in [0.3, 0.4) is 0 Å². The number of unbranched alkanes of at least 4 members (excludes halogenated alkanes) is 1. The minimum Gasteiger partial charge on any atom is -0.481 e. The van der Waals surface area contributed by atoms with Gasteiger partial charge in [0.2, 0.25) is 0 Å². The molecule has 1 unspecified atom stereocenters. The first-order valence-corrected chi connectivity index (χ1v) is 6.62. The number of aliphatic hydroxyl groups excluding tert-OH is 3. The van der Waals surface area contributed by atoms with Crippen molar-refractivity contribution in [2.45, 2.75) is 46.0 Å². The summed E-state index contributed by atoms with van der Waals surface area (Å²) >= 11 is 0. The van der Waals surface area contributed by atoms with E-state index in [0.29, 0.717) is 6.42 Å². The van der Waals surface area contributed by atoms with E-state index < -0.39 is 5.97 Å². The second-order valence-corrected chi connectivity index (χ2v) is 4.33. The van der Waals surface area contributed by atoms with Crippen molar-refractivity contribution in [2.75, 3.05) is 19.8 Å². The highest BCUT2D eigenvalue weighted by atomic mass is 16.4. The van der Waals surface area contributed by atoms with Crippen molar-refractivity contribution in [2.24, 2.45) is 11.8 Å². The molecule has 0 heterocycles. The number of carbonyl (C=O) groups is 1. The molecular weight excluding hydrogens is 236 g/mol. The Morgan fingerprint density at radius 2 is 1.61 bits per heavy atom. The van der Waals surface area contributed by atoms with Crippen LogP contribution in [0.1, 0.15) is 46.0 Å². The normalized spacial score (nSPS) is 11.9. The summed E-state index contributed by atoms with van der Waals surface area (Å²) in [5, 5.41) is 33.6. The molecule has 0 saturated heterocycles. The van der Waals surface area contributed by atoms with E-state index in [2.05, 4.69) is 6.92 Å². The van der Waals surface area contributed by atoms with E-state index in [1.54, 1.807) is 0 Å².